The van der Waals surface area contributed by atoms with Gasteiger partial charge < -0.3 is 10.1 Å². The quantitative estimate of drug-likeness (QED) is 0.556. The highest BCUT2D eigenvalue weighted by Crippen LogP contribution is 2.37. The van der Waals surface area contributed by atoms with Gasteiger partial charge in [-0.1, -0.05) is 17.7 Å². The number of benzene rings is 1. The number of aromatic nitrogens is 4. The van der Waals surface area contributed by atoms with Crippen molar-refractivity contribution in [2.24, 2.45) is 7.05 Å². The predicted octanol–water partition coefficient (Wildman–Crippen LogP) is 3.49. The average molecular weight is 358 g/mol. The normalized spacial score (nSPS) is 10.6. The number of anilines is 2. The lowest BCUT2D eigenvalue weighted by Gasteiger charge is -2.15. The third-order valence-corrected chi connectivity index (χ3v) is 3.79. The third kappa shape index (κ3) is 3.46. The van der Waals surface area contributed by atoms with Crippen LogP contribution in [-0.2, 0) is 7.05 Å². The summed E-state index contributed by atoms with van der Waals surface area (Å²) in [6.07, 6.45) is 3.06. The van der Waals surface area contributed by atoms with Gasteiger partial charge >= 0.3 is 0 Å². The van der Waals surface area contributed by atoms with Crippen LogP contribution in [0, 0.1) is 0 Å². The smallest absolute Gasteiger partial charge is 0.184 e. The van der Waals surface area contributed by atoms with Gasteiger partial charge in [0.1, 0.15) is 11.5 Å². The van der Waals surface area contributed by atoms with E-state index in [1.165, 1.54) is 13.1 Å². The molecule has 0 radical (unpaired) electrons. The van der Waals surface area contributed by atoms with Gasteiger partial charge in [0.25, 0.3) is 0 Å². The number of para-hydroxylation sites is 1. The molecule has 8 heteroatoms. The number of aryl methyl sites for hydroxylation is 1. The molecule has 0 aliphatic rings. The van der Waals surface area contributed by atoms with Gasteiger partial charge in [0.05, 0.1) is 29.6 Å². The van der Waals surface area contributed by atoms with Gasteiger partial charge in [-0.25, -0.2) is 9.97 Å². The minimum absolute atomic E-state index is 0.117. The number of hydrogen-bond donors (Lipinski definition) is 1. The van der Waals surface area contributed by atoms with Gasteiger partial charge in [0.15, 0.2) is 17.4 Å². The Bertz CT molecular complexity index is 939. The molecule has 0 atom stereocenters. The summed E-state index contributed by atoms with van der Waals surface area (Å²) in [6, 6.07) is 7.16. The Balaban J connectivity index is 2.07. The summed E-state index contributed by atoms with van der Waals surface area (Å²) in [5, 5.41) is 7.79. The standard InChI is InChI=1S/C17H16ClN5O2/c1-10(24)12-8-19-15(18)7-14(12)21-13-6-4-5-11(16(13)25-3)17-20-9-23(2)22-17/h4-9H,1-3H3,(H,19,21). The molecule has 0 fully saturated rings. The number of carbonyl (C=O) groups excluding carboxylic acids is 1. The highest BCUT2D eigenvalue weighted by atomic mass is 35.5. The minimum atomic E-state index is -0.117. The average Bonchev–Trinajstić information content (AvgIpc) is 3.00. The van der Waals surface area contributed by atoms with E-state index >= 15 is 0 Å². The van der Waals surface area contributed by atoms with Crippen molar-refractivity contribution >= 4 is 28.8 Å². The van der Waals surface area contributed by atoms with E-state index in [2.05, 4.69) is 20.4 Å². The van der Waals surface area contributed by atoms with Crippen molar-refractivity contribution in [3.05, 3.63) is 47.5 Å². The Labute approximate surface area is 149 Å². The summed E-state index contributed by atoms with van der Waals surface area (Å²) in [5.41, 5.74) is 2.39. The van der Waals surface area contributed by atoms with E-state index in [-0.39, 0.29) is 10.9 Å². The Morgan fingerprint density at radius 3 is 2.72 bits per heavy atom. The second-order valence-electron chi connectivity index (χ2n) is 5.36. The van der Waals surface area contributed by atoms with Crippen LogP contribution in [-0.4, -0.2) is 32.6 Å². The number of ether oxygens (including phenoxy) is 1. The molecule has 1 N–H and O–H groups in total. The maximum absolute atomic E-state index is 11.8. The zero-order valence-corrected chi connectivity index (χ0v) is 14.7. The van der Waals surface area contributed by atoms with Gasteiger partial charge in [-0.15, -0.1) is 0 Å². The summed E-state index contributed by atoms with van der Waals surface area (Å²) in [4.78, 5) is 20.1. The molecule has 7 nitrogen and oxygen atoms in total. The number of methoxy groups -OCH3 is 1. The lowest BCUT2D eigenvalue weighted by molar-refractivity contribution is 0.101. The summed E-state index contributed by atoms with van der Waals surface area (Å²) >= 11 is 5.97. The van der Waals surface area contributed by atoms with Crippen LogP contribution in [0.1, 0.15) is 17.3 Å². The van der Waals surface area contributed by atoms with Gasteiger partial charge in [0.2, 0.25) is 0 Å². The Morgan fingerprint density at radius 1 is 1.28 bits per heavy atom. The van der Waals surface area contributed by atoms with E-state index in [1.807, 2.05) is 18.2 Å². The van der Waals surface area contributed by atoms with Crippen LogP contribution in [0.2, 0.25) is 5.15 Å². The predicted molar refractivity (Wildman–Crippen MR) is 95.5 cm³/mol. The van der Waals surface area contributed by atoms with Gasteiger partial charge in [-0.05, 0) is 25.1 Å². The van der Waals surface area contributed by atoms with E-state index < -0.39 is 0 Å². The van der Waals surface area contributed by atoms with Crippen molar-refractivity contribution in [3.8, 4) is 17.1 Å². The topological polar surface area (TPSA) is 81.9 Å². The molecule has 3 rings (SSSR count). The van der Waals surface area contributed by atoms with E-state index in [0.29, 0.717) is 28.5 Å². The molecular weight excluding hydrogens is 342 g/mol. The molecule has 2 heterocycles. The van der Waals surface area contributed by atoms with Crippen LogP contribution in [0.4, 0.5) is 11.4 Å². The fourth-order valence-electron chi connectivity index (χ4n) is 2.45. The number of hydrogen-bond acceptors (Lipinski definition) is 6. The molecular formula is C17H16ClN5O2. The first-order chi connectivity index (χ1) is 12.0. The number of Topliss-reactive ketones (excluding diaryl/α,β-unsaturated/α-hetero) is 1. The molecule has 0 amide bonds. The number of ketones is 1. The zero-order valence-electron chi connectivity index (χ0n) is 13.9. The van der Waals surface area contributed by atoms with Crippen molar-refractivity contribution < 1.29 is 9.53 Å². The van der Waals surface area contributed by atoms with Crippen LogP contribution in [0.15, 0.2) is 36.8 Å². The lowest BCUT2D eigenvalue weighted by Crippen LogP contribution is -2.03. The second kappa shape index (κ2) is 6.90. The zero-order chi connectivity index (χ0) is 18.0. The SMILES string of the molecule is COc1c(Nc2cc(Cl)ncc2C(C)=O)cccc1-c1ncn(C)n1. The molecule has 0 spiro atoms. The van der Waals surface area contributed by atoms with Crippen LogP contribution in [0.5, 0.6) is 5.75 Å². The van der Waals surface area contributed by atoms with Crippen molar-refractivity contribution in [3.63, 3.8) is 0 Å². The first-order valence-corrected chi connectivity index (χ1v) is 7.84. The van der Waals surface area contributed by atoms with Crippen molar-refractivity contribution in [2.45, 2.75) is 6.92 Å². The van der Waals surface area contributed by atoms with Crippen LogP contribution in [0.25, 0.3) is 11.4 Å². The second-order valence-corrected chi connectivity index (χ2v) is 5.75. The monoisotopic (exact) mass is 357 g/mol. The molecule has 2 aromatic heterocycles. The van der Waals surface area contributed by atoms with Crippen molar-refractivity contribution in [2.75, 3.05) is 12.4 Å². The third-order valence-electron chi connectivity index (χ3n) is 3.58. The number of nitrogens with zero attached hydrogens (tertiary/aromatic N) is 4. The van der Waals surface area contributed by atoms with Gasteiger partial charge in [-0.3, -0.25) is 9.48 Å². The number of rotatable bonds is 5. The van der Waals surface area contributed by atoms with Crippen LogP contribution < -0.4 is 10.1 Å². The molecule has 3 aromatic rings. The fourth-order valence-corrected chi connectivity index (χ4v) is 2.61. The molecule has 0 aliphatic carbocycles. The molecule has 1 aromatic carbocycles. The summed E-state index contributed by atoms with van der Waals surface area (Å²) in [5.74, 6) is 0.992. The van der Waals surface area contributed by atoms with Gasteiger partial charge in [-0.2, -0.15) is 5.10 Å². The maximum atomic E-state index is 11.8. The lowest BCUT2D eigenvalue weighted by atomic mass is 10.1. The van der Waals surface area contributed by atoms with Gasteiger partial charge in [0, 0.05) is 13.2 Å². The molecule has 0 aliphatic heterocycles. The molecule has 0 bridgehead atoms. The number of nitrogens with one attached hydrogen (secondary N) is 1. The van der Waals surface area contributed by atoms with E-state index in [4.69, 9.17) is 16.3 Å². The van der Waals surface area contributed by atoms with E-state index in [1.54, 1.807) is 31.2 Å². The summed E-state index contributed by atoms with van der Waals surface area (Å²) < 4.78 is 7.17. The van der Waals surface area contributed by atoms with Crippen molar-refractivity contribution in [1.82, 2.24) is 19.7 Å². The number of pyridine rings is 1. The Morgan fingerprint density at radius 2 is 2.08 bits per heavy atom. The maximum Gasteiger partial charge on any atom is 0.184 e. The largest absolute Gasteiger partial charge is 0.494 e. The minimum Gasteiger partial charge on any atom is -0.494 e. The first-order valence-electron chi connectivity index (χ1n) is 7.46. The molecule has 0 unspecified atom stereocenters. The summed E-state index contributed by atoms with van der Waals surface area (Å²) in [7, 11) is 3.36. The molecule has 25 heavy (non-hydrogen) atoms. The van der Waals surface area contributed by atoms with Crippen molar-refractivity contribution in [1.29, 1.82) is 0 Å². The first kappa shape index (κ1) is 16.9. The Kier molecular flexibility index (Phi) is 4.67. The van der Waals surface area contributed by atoms with E-state index in [0.717, 1.165) is 5.56 Å². The van der Waals surface area contributed by atoms with Crippen LogP contribution >= 0.6 is 11.6 Å². The molecule has 128 valence electrons. The van der Waals surface area contributed by atoms with Crippen LogP contribution in [0.3, 0.4) is 0 Å². The Hall–Kier alpha value is -2.93. The van der Waals surface area contributed by atoms with E-state index in [9.17, 15) is 4.79 Å². The molecule has 0 saturated heterocycles. The molecule has 0 saturated carbocycles. The highest BCUT2D eigenvalue weighted by Gasteiger charge is 2.16. The number of halogens is 1. The fraction of sp³-hybridized carbons (Fsp3) is 0.176. The number of carbonyl (C=O) groups is 1. The summed E-state index contributed by atoms with van der Waals surface area (Å²) in [6.45, 7) is 1.47. The highest BCUT2D eigenvalue weighted by molar-refractivity contribution is 6.29.